The summed E-state index contributed by atoms with van der Waals surface area (Å²) in [5, 5.41) is 7.93. The van der Waals surface area contributed by atoms with E-state index in [0.717, 1.165) is 0 Å². The summed E-state index contributed by atoms with van der Waals surface area (Å²) in [5.41, 5.74) is 7.30. The van der Waals surface area contributed by atoms with Crippen molar-refractivity contribution >= 4 is 23.2 Å². The Balaban J connectivity index is 1.71. The molecule has 2 aromatic carbocycles. The van der Waals surface area contributed by atoms with Gasteiger partial charge in [0.15, 0.2) is 0 Å². The van der Waals surface area contributed by atoms with E-state index in [4.69, 9.17) is 0 Å². The number of carbonyl (C=O) groups is 2. The maximum atomic E-state index is 12.9. The molecule has 2 amide bonds. The SMILES string of the molecule is CC(=NNC(=O)CCCC(=O)NN=C(C)c1ccc(F)cc1)c1ccc(F)cc1. The van der Waals surface area contributed by atoms with Crippen molar-refractivity contribution in [3.8, 4) is 0 Å². The smallest absolute Gasteiger partial charge is 0.240 e. The fourth-order valence-electron chi connectivity index (χ4n) is 2.32. The maximum absolute atomic E-state index is 12.9. The predicted octanol–water partition coefficient (Wildman–Crippen LogP) is 3.52. The van der Waals surface area contributed by atoms with Crippen LogP contribution in [0.4, 0.5) is 8.78 Å². The first-order valence-corrected chi connectivity index (χ1v) is 9.03. The summed E-state index contributed by atoms with van der Waals surface area (Å²) in [4.78, 5) is 23.6. The molecule has 0 radical (unpaired) electrons. The van der Waals surface area contributed by atoms with Crippen LogP contribution in [0.25, 0.3) is 0 Å². The van der Waals surface area contributed by atoms with Gasteiger partial charge in [-0.05, 0) is 55.7 Å². The lowest BCUT2D eigenvalue weighted by atomic mass is 10.1. The van der Waals surface area contributed by atoms with Crippen molar-refractivity contribution < 1.29 is 18.4 Å². The van der Waals surface area contributed by atoms with Crippen molar-refractivity contribution in [3.63, 3.8) is 0 Å². The lowest BCUT2D eigenvalue weighted by molar-refractivity contribution is -0.122. The molecule has 152 valence electrons. The van der Waals surface area contributed by atoms with Gasteiger partial charge in [-0.2, -0.15) is 10.2 Å². The summed E-state index contributed by atoms with van der Waals surface area (Å²) < 4.78 is 25.8. The number of nitrogens with zero attached hydrogens (tertiary/aromatic N) is 2. The van der Waals surface area contributed by atoms with Crippen LogP contribution in [-0.2, 0) is 9.59 Å². The molecule has 2 N–H and O–H groups in total. The maximum Gasteiger partial charge on any atom is 0.240 e. The van der Waals surface area contributed by atoms with Crippen LogP contribution < -0.4 is 10.9 Å². The van der Waals surface area contributed by atoms with Crippen LogP contribution in [0, 0.1) is 11.6 Å². The van der Waals surface area contributed by atoms with E-state index in [2.05, 4.69) is 21.1 Å². The van der Waals surface area contributed by atoms with Crippen molar-refractivity contribution in [2.45, 2.75) is 33.1 Å². The zero-order chi connectivity index (χ0) is 21.2. The second-order valence-electron chi connectivity index (χ2n) is 6.33. The van der Waals surface area contributed by atoms with Crippen molar-refractivity contribution in [1.29, 1.82) is 0 Å². The van der Waals surface area contributed by atoms with E-state index >= 15 is 0 Å². The Hall–Kier alpha value is -3.42. The van der Waals surface area contributed by atoms with Crippen LogP contribution in [-0.4, -0.2) is 23.2 Å². The Morgan fingerprint density at radius 3 is 1.41 bits per heavy atom. The summed E-state index contributed by atoms with van der Waals surface area (Å²) in [6.07, 6.45) is 0.566. The van der Waals surface area contributed by atoms with Gasteiger partial charge in [-0.1, -0.05) is 24.3 Å². The Kier molecular flexibility index (Phi) is 8.14. The highest BCUT2D eigenvalue weighted by Gasteiger charge is 2.06. The minimum atomic E-state index is -0.346. The summed E-state index contributed by atoms with van der Waals surface area (Å²) in [7, 11) is 0. The number of amides is 2. The predicted molar refractivity (Wildman–Crippen MR) is 107 cm³/mol. The molecule has 0 spiro atoms. The third-order valence-corrected chi connectivity index (χ3v) is 4.03. The van der Waals surface area contributed by atoms with Gasteiger partial charge < -0.3 is 0 Å². The lowest BCUT2D eigenvalue weighted by Crippen LogP contribution is -2.21. The third-order valence-electron chi connectivity index (χ3n) is 4.03. The molecule has 0 aromatic heterocycles. The van der Waals surface area contributed by atoms with E-state index in [9.17, 15) is 18.4 Å². The fourth-order valence-corrected chi connectivity index (χ4v) is 2.32. The van der Waals surface area contributed by atoms with Crippen LogP contribution >= 0.6 is 0 Å². The molecule has 0 fully saturated rings. The van der Waals surface area contributed by atoms with E-state index in [1.54, 1.807) is 38.1 Å². The third kappa shape index (κ3) is 7.61. The van der Waals surface area contributed by atoms with Gasteiger partial charge in [0.1, 0.15) is 11.6 Å². The van der Waals surface area contributed by atoms with E-state index in [-0.39, 0.29) is 36.3 Å². The molecule has 29 heavy (non-hydrogen) atoms. The van der Waals surface area contributed by atoms with Crippen molar-refractivity contribution in [2.24, 2.45) is 10.2 Å². The molecular weight excluding hydrogens is 378 g/mol. The molecule has 0 saturated carbocycles. The Bertz CT molecular complexity index is 832. The van der Waals surface area contributed by atoms with Crippen LogP contribution in [0.1, 0.15) is 44.2 Å². The first kappa shape index (κ1) is 21.9. The zero-order valence-corrected chi connectivity index (χ0v) is 16.2. The molecule has 0 aliphatic heterocycles. The number of hydrogen-bond donors (Lipinski definition) is 2. The largest absolute Gasteiger partial charge is 0.273 e. The van der Waals surface area contributed by atoms with Crippen LogP contribution in [0.2, 0.25) is 0 Å². The normalized spacial score (nSPS) is 11.9. The summed E-state index contributed by atoms with van der Waals surface area (Å²) in [6.45, 7) is 3.39. The van der Waals surface area contributed by atoms with Crippen LogP contribution in [0.3, 0.4) is 0 Å². The Labute approximate surface area is 167 Å². The highest BCUT2D eigenvalue weighted by molar-refractivity contribution is 5.99. The molecule has 0 saturated heterocycles. The number of rotatable bonds is 8. The zero-order valence-electron chi connectivity index (χ0n) is 16.2. The number of hydrogen-bond acceptors (Lipinski definition) is 4. The van der Waals surface area contributed by atoms with E-state index in [1.807, 2.05) is 0 Å². The van der Waals surface area contributed by atoms with Crippen molar-refractivity contribution in [1.82, 2.24) is 10.9 Å². The quantitative estimate of drug-likeness (QED) is 0.525. The minimum Gasteiger partial charge on any atom is -0.273 e. The summed E-state index contributed by atoms with van der Waals surface area (Å²) in [5.74, 6) is -1.35. The first-order chi connectivity index (χ1) is 13.8. The second-order valence-corrected chi connectivity index (χ2v) is 6.33. The van der Waals surface area contributed by atoms with E-state index in [0.29, 0.717) is 29.0 Å². The lowest BCUT2D eigenvalue weighted by Gasteiger charge is -2.04. The number of halogens is 2. The van der Waals surface area contributed by atoms with E-state index < -0.39 is 0 Å². The number of carbonyl (C=O) groups excluding carboxylic acids is 2. The van der Waals surface area contributed by atoms with Crippen LogP contribution in [0.15, 0.2) is 58.7 Å². The molecule has 0 aliphatic carbocycles. The van der Waals surface area contributed by atoms with E-state index in [1.165, 1.54) is 24.3 Å². The standard InChI is InChI=1S/C21H22F2N4O2/c1-14(16-6-10-18(22)11-7-16)24-26-20(28)4-3-5-21(29)27-25-15(2)17-8-12-19(23)13-9-17/h6-13H,3-5H2,1-2H3,(H,26,28)(H,27,29). The molecule has 0 unspecified atom stereocenters. The minimum absolute atomic E-state index is 0.119. The molecule has 8 heteroatoms. The van der Waals surface area contributed by atoms with Gasteiger partial charge in [0.05, 0.1) is 11.4 Å². The summed E-state index contributed by atoms with van der Waals surface area (Å²) in [6, 6.07) is 11.5. The Morgan fingerprint density at radius 1 is 0.724 bits per heavy atom. The van der Waals surface area contributed by atoms with Crippen LogP contribution in [0.5, 0.6) is 0 Å². The topological polar surface area (TPSA) is 82.9 Å². The average Bonchev–Trinajstić information content (AvgIpc) is 2.71. The van der Waals surface area contributed by atoms with Gasteiger partial charge >= 0.3 is 0 Å². The van der Waals surface area contributed by atoms with Gasteiger partial charge in [0, 0.05) is 12.8 Å². The molecule has 0 heterocycles. The molecule has 0 atom stereocenters. The van der Waals surface area contributed by atoms with Gasteiger partial charge in [-0.25, -0.2) is 19.6 Å². The summed E-state index contributed by atoms with van der Waals surface area (Å²) >= 11 is 0. The Morgan fingerprint density at radius 2 is 1.07 bits per heavy atom. The molecular formula is C21H22F2N4O2. The molecule has 0 bridgehead atoms. The van der Waals surface area contributed by atoms with Crippen molar-refractivity contribution in [2.75, 3.05) is 0 Å². The number of benzene rings is 2. The highest BCUT2D eigenvalue weighted by Crippen LogP contribution is 2.05. The fraction of sp³-hybridized carbons (Fsp3) is 0.238. The highest BCUT2D eigenvalue weighted by atomic mass is 19.1. The van der Waals surface area contributed by atoms with Gasteiger partial charge in [-0.3, -0.25) is 9.59 Å². The second kappa shape index (κ2) is 10.8. The van der Waals surface area contributed by atoms with Crippen molar-refractivity contribution in [3.05, 3.63) is 71.3 Å². The first-order valence-electron chi connectivity index (χ1n) is 9.03. The number of nitrogens with one attached hydrogen (secondary N) is 2. The monoisotopic (exact) mass is 400 g/mol. The molecule has 6 nitrogen and oxygen atoms in total. The van der Waals surface area contributed by atoms with Gasteiger partial charge in [0.2, 0.25) is 11.8 Å². The molecule has 0 aliphatic rings. The van der Waals surface area contributed by atoms with Gasteiger partial charge in [0.25, 0.3) is 0 Å². The molecule has 2 rings (SSSR count). The molecule has 2 aromatic rings. The average molecular weight is 400 g/mol. The number of hydrazone groups is 2. The van der Waals surface area contributed by atoms with Gasteiger partial charge in [-0.15, -0.1) is 0 Å².